The molecule has 0 unspecified atom stereocenters. The van der Waals surface area contributed by atoms with Crippen LogP contribution in [0.15, 0.2) is 35.0 Å². The smallest absolute Gasteiger partial charge is 0.367 e. The third kappa shape index (κ3) is 2.36. The van der Waals surface area contributed by atoms with E-state index in [2.05, 4.69) is 9.99 Å². The van der Waals surface area contributed by atoms with Crippen LogP contribution in [0.25, 0.3) is 6.08 Å². The second-order valence-corrected chi connectivity index (χ2v) is 3.58. The van der Waals surface area contributed by atoms with Crippen LogP contribution in [0.1, 0.15) is 19.4 Å². The lowest BCUT2D eigenvalue weighted by atomic mass is 10.1. The van der Waals surface area contributed by atoms with Gasteiger partial charge in [-0.3, -0.25) is 0 Å². The first-order valence-corrected chi connectivity index (χ1v) is 5.42. The van der Waals surface area contributed by atoms with Crippen LogP contribution in [0.2, 0.25) is 0 Å². The van der Waals surface area contributed by atoms with Gasteiger partial charge < -0.3 is 9.57 Å². The molecule has 0 fully saturated rings. The van der Waals surface area contributed by atoms with E-state index in [1.807, 2.05) is 31.2 Å². The van der Waals surface area contributed by atoms with E-state index in [0.29, 0.717) is 17.9 Å². The van der Waals surface area contributed by atoms with E-state index in [-0.39, 0.29) is 0 Å². The number of para-hydroxylation sites is 1. The number of benzene rings is 1. The zero-order valence-corrected chi connectivity index (χ0v) is 9.77. The summed E-state index contributed by atoms with van der Waals surface area (Å²) in [5.74, 6) is 0.323. The molecule has 0 amide bonds. The first-order chi connectivity index (χ1) is 8.22. The largest absolute Gasteiger partial charge is 0.493 e. The molecule has 0 aromatic heterocycles. The minimum atomic E-state index is -0.422. The molecule has 1 aromatic rings. The molecule has 0 N–H and O–H groups in total. The van der Waals surface area contributed by atoms with Crippen molar-refractivity contribution in [1.82, 2.24) is 0 Å². The number of oxime groups is 1. The molecule has 88 valence electrons. The van der Waals surface area contributed by atoms with E-state index in [0.717, 1.165) is 11.3 Å². The number of hydrogen-bond acceptors (Lipinski definition) is 4. The Kier molecular flexibility index (Phi) is 3.23. The molecule has 0 spiro atoms. The summed E-state index contributed by atoms with van der Waals surface area (Å²) in [4.78, 5) is 16.0. The summed E-state index contributed by atoms with van der Waals surface area (Å²) in [5.41, 5.74) is 1.90. The lowest BCUT2D eigenvalue weighted by Gasteiger charge is -2.06. The van der Waals surface area contributed by atoms with Gasteiger partial charge in [0.15, 0.2) is 0 Å². The Morgan fingerprint density at radius 2 is 2.18 bits per heavy atom. The normalized spacial score (nSPS) is 16.9. The predicted molar refractivity (Wildman–Crippen MR) is 64.8 cm³/mol. The molecule has 0 radical (unpaired) electrons. The van der Waals surface area contributed by atoms with Crippen molar-refractivity contribution in [2.45, 2.75) is 13.8 Å². The molecule has 0 bridgehead atoms. The van der Waals surface area contributed by atoms with Crippen molar-refractivity contribution < 1.29 is 14.4 Å². The van der Waals surface area contributed by atoms with Crippen molar-refractivity contribution in [3.8, 4) is 5.75 Å². The second-order valence-electron chi connectivity index (χ2n) is 3.58. The lowest BCUT2D eigenvalue weighted by molar-refractivity contribution is -0.136. The summed E-state index contributed by atoms with van der Waals surface area (Å²) < 4.78 is 5.48. The summed E-state index contributed by atoms with van der Waals surface area (Å²) in [7, 11) is 0. The first-order valence-electron chi connectivity index (χ1n) is 5.42. The Morgan fingerprint density at radius 1 is 1.41 bits per heavy atom. The molecule has 4 nitrogen and oxygen atoms in total. The van der Waals surface area contributed by atoms with Gasteiger partial charge in [0.2, 0.25) is 0 Å². The van der Waals surface area contributed by atoms with Gasteiger partial charge in [0, 0.05) is 5.56 Å². The number of rotatable bonds is 3. The minimum absolute atomic E-state index is 0.422. The molecular weight excluding hydrogens is 218 g/mol. The number of carbonyl (C=O) groups excluding carboxylic acids is 1. The highest BCUT2D eigenvalue weighted by Gasteiger charge is 2.22. The molecule has 2 rings (SSSR count). The van der Waals surface area contributed by atoms with Gasteiger partial charge >= 0.3 is 5.97 Å². The summed E-state index contributed by atoms with van der Waals surface area (Å²) in [6.45, 7) is 4.23. The maximum absolute atomic E-state index is 11.4. The third-order valence-corrected chi connectivity index (χ3v) is 2.39. The molecule has 1 heterocycles. The van der Waals surface area contributed by atoms with Crippen LogP contribution in [-0.2, 0) is 9.63 Å². The monoisotopic (exact) mass is 231 g/mol. The first kappa shape index (κ1) is 11.4. The summed E-state index contributed by atoms with van der Waals surface area (Å²) >= 11 is 0. The van der Waals surface area contributed by atoms with Gasteiger partial charge in [-0.25, -0.2) is 4.79 Å². The SMILES string of the molecule is CCOc1ccccc1/C=C1\C(=O)ON=C1C. The third-order valence-electron chi connectivity index (χ3n) is 2.39. The van der Waals surface area contributed by atoms with E-state index in [9.17, 15) is 4.79 Å². The Hall–Kier alpha value is -2.10. The summed E-state index contributed by atoms with van der Waals surface area (Å²) in [6, 6.07) is 7.53. The van der Waals surface area contributed by atoms with Crippen LogP contribution >= 0.6 is 0 Å². The van der Waals surface area contributed by atoms with Crippen molar-refractivity contribution in [3.63, 3.8) is 0 Å². The quantitative estimate of drug-likeness (QED) is 0.592. The molecule has 1 aromatic carbocycles. The number of carbonyl (C=O) groups is 1. The van der Waals surface area contributed by atoms with Crippen LogP contribution < -0.4 is 4.74 Å². The van der Waals surface area contributed by atoms with Gasteiger partial charge in [-0.15, -0.1) is 0 Å². The maximum atomic E-state index is 11.4. The Labute approximate surface area is 99.5 Å². The molecule has 0 saturated heterocycles. The molecule has 1 aliphatic heterocycles. The highest BCUT2D eigenvalue weighted by atomic mass is 16.7. The van der Waals surface area contributed by atoms with Crippen LogP contribution in [-0.4, -0.2) is 18.3 Å². The van der Waals surface area contributed by atoms with Gasteiger partial charge in [-0.2, -0.15) is 0 Å². The van der Waals surface area contributed by atoms with Crippen molar-refractivity contribution in [3.05, 3.63) is 35.4 Å². The van der Waals surface area contributed by atoms with Gasteiger partial charge in [-0.05, 0) is 26.0 Å². The zero-order chi connectivity index (χ0) is 12.3. The maximum Gasteiger partial charge on any atom is 0.367 e. The highest BCUT2D eigenvalue weighted by molar-refractivity contribution is 6.24. The van der Waals surface area contributed by atoms with E-state index >= 15 is 0 Å². The molecular formula is C13H13NO3. The Balaban J connectivity index is 2.38. The molecule has 1 aliphatic rings. The summed E-state index contributed by atoms with van der Waals surface area (Å²) in [6.07, 6.45) is 1.74. The predicted octanol–water partition coefficient (Wildman–Crippen LogP) is 2.40. The van der Waals surface area contributed by atoms with E-state index < -0.39 is 5.97 Å². The number of nitrogens with zero attached hydrogens (tertiary/aromatic N) is 1. The van der Waals surface area contributed by atoms with Gasteiger partial charge in [-0.1, -0.05) is 23.4 Å². The topological polar surface area (TPSA) is 47.9 Å². The zero-order valence-electron chi connectivity index (χ0n) is 9.77. The molecule has 17 heavy (non-hydrogen) atoms. The van der Waals surface area contributed by atoms with Gasteiger partial charge in [0.05, 0.1) is 17.9 Å². The molecule has 4 heteroatoms. The van der Waals surface area contributed by atoms with Crippen LogP contribution in [0, 0.1) is 0 Å². The standard InChI is InChI=1S/C13H13NO3/c1-3-16-12-7-5-4-6-10(12)8-11-9(2)14-17-13(11)15/h4-8H,3H2,1-2H3/b11-8-. The Bertz CT molecular complexity index is 503. The number of hydrogen-bond donors (Lipinski definition) is 0. The fourth-order valence-corrected chi connectivity index (χ4v) is 1.56. The fourth-order valence-electron chi connectivity index (χ4n) is 1.56. The van der Waals surface area contributed by atoms with Crippen LogP contribution in [0.5, 0.6) is 5.75 Å². The van der Waals surface area contributed by atoms with E-state index in [1.54, 1.807) is 13.0 Å². The van der Waals surface area contributed by atoms with Gasteiger partial charge in [0.25, 0.3) is 0 Å². The number of ether oxygens (including phenoxy) is 1. The molecule has 0 atom stereocenters. The van der Waals surface area contributed by atoms with E-state index in [1.165, 1.54) is 0 Å². The Morgan fingerprint density at radius 3 is 2.82 bits per heavy atom. The average Bonchev–Trinajstić information content (AvgIpc) is 2.64. The summed E-state index contributed by atoms with van der Waals surface area (Å²) in [5, 5.41) is 3.63. The minimum Gasteiger partial charge on any atom is -0.493 e. The van der Waals surface area contributed by atoms with Crippen LogP contribution in [0.4, 0.5) is 0 Å². The van der Waals surface area contributed by atoms with Crippen molar-refractivity contribution in [2.24, 2.45) is 5.16 Å². The van der Waals surface area contributed by atoms with Crippen molar-refractivity contribution >= 4 is 17.8 Å². The molecule has 0 saturated carbocycles. The van der Waals surface area contributed by atoms with Crippen LogP contribution in [0.3, 0.4) is 0 Å². The van der Waals surface area contributed by atoms with Crippen molar-refractivity contribution in [2.75, 3.05) is 6.61 Å². The fraction of sp³-hybridized carbons (Fsp3) is 0.231. The highest BCUT2D eigenvalue weighted by Crippen LogP contribution is 2.23. The van der Waals surface area contributed by atoms with Gasteiger partial charge in [0.1, 0.15) is 5.75 Å². The average molecular weight is 231 g/mol. The second kappa shape index (κ2) is 4.82. The van der Waals surface area contributed by atoms with Crippen molar-refractivity contribution in [1.29, 1.82) is 0 Å². The van der Waals surface area contributed by atoms with E-state index in [4.69, 9.17) is 4.74 Å². The molecule has 0 aliphatic carbocycles. The lowest BCUT2D eigenvalue weighted by Crippen LogP contribution is -2.02.